The molecule has 25 heavy (non-hydrogen) atoms. The van der Waals surface area contributed by atoms with Crippen LogP contribution in [-0.4, -0.2) is 32.8 Å². The molecule has 2 rings (SSSR count). The molecule has 1 amide bonds. The first-order valence-electron chi connectivity index (χ1n) is 8.35. The van der Waals surface area contributed by atoms with Crippen molar-refractivity contribution < 1.29 is 19.0 Å². The van der Waals surface area contributed by atoms with Crippen LogP contribution in [0.5, 0.6) is 17.2 Å². The smallest absolute Gasteiger partial charge is 0.258 e. The third kappa shape index (κ3) is 6.03. The quantitative estimate of drug-likeness (QED) is 0.709. The predicted octanol–water partition coefficient (Wildman–Crippen LogP) is 3.39. The van der Waals surface area contributed by atoms with Gasteiger partial charge in [-0.3, -0.25) is 4.79 Å². The fraction of sp³-hybridized carbons (Fsp3) is 0.350. The van der Waals surface area contributed by atoms with E-state index in [1.54, 1.807) is 19.2 Å². The molecule has 5 nitrogen and oxygen atoms in total. The number of para-hydroxylation sites is 2. The van der Waals surface area contributed by atoms with Gasteiger partial charge in [-0.25, -0.2) is 0 Å². The minimum Gasteiger partial charge on any atom is -0.493 e. The molecule has 0 saturated carbocycles. The van der Waals surface area contributed by atoms with Crippen molar-refractivity contribution in [3.63, 3.8) is 0 Å². The molecule has 0 fully saturated rings. The molecule has 0 spiro atoms. The highest BCUT2D eigenvalue weighted by Gasteiger charge is 2.06. The predicted molar refractivity (Wildman–Crippen MR) is 97.5 cm³/mol. The van der Waals surface area contributed by atoms with Gasteiger partial charge < -0.3 is 19.5 Å². The van der Waals surface area contributed by atoms with Gasteiger partial charge in [-0.15, -0.1) is 0 Å². The zero-order valence-electron chi connectivity index (χ0n) is 15.0. The SMILES string of the molecule is COc1ccccc1OCC(=O)NCCOc1cccc(C(C)C)c1. The summed E-state index contributed by atoms with van der Waals surface area (Å²) in [5.41, 5.74) is 1.23. The third-order valence-corrected chi connectivity index (χ3v) is 3.65. The van der Waals surface area contributed by atoms with E-state index in [9.17, 15) is 4.79 Å². The van der Waals surface area contributed by atoms with Gasteiger partial charge in [-0.05, 0) is 35.7 Å². The number of carbonyl (C=O) groups excluding carboxylic acids is 1. The lowest BCUT2D eigenvalue weighted by Crippen LogP contribution is -2.32. The van der Waals surface area contributed by atoms with Gasteiger partial charge in [0.25, 0.3) is 5.91 Å². The van der Waals surface area contributed by atoms with Crippen LogP contribution in [0.3, 0.4) is 0 Å². The average molecular weight is 343 g/mol. The summed E-state index contributed by atoms with van der Waals surface area (Å²) in [6.07, 6.45) is 0. The van der Waals surface area contributed by atoms with Gasteiger partial charge in [0, 0.05) is 0 Å². The van der Waals surface area contributed by atoms with Crippen LogP contribution in [0.15, 0.2) is 48.5 Å². The summed E-state index contributed by atoms with van der Waals surface area (Å²) in [7, 11) is 1.56. The molecule has 1 N–H and O–H groups in total. The molecule has 0 atom stereocenters. The van der Waals surface area contributed by atoms with Gasteiger partial charge in [0.1, 0.15) is 12.4 Å². The van der Waals surface area contributed by atoms with E-state index in [1.807, 2.05) is 30.3 Å². The maximum atomic E-state index is 11.8. The Morgan fingerprint density at radius 3 is 2.52 bits per heavy atom. The van der Waals surface area contributed by atoms with Crippen molar-refractivity contribution in [3.8, 4) is 17.2 Å². The number of benzene rings is 2. The fourth-order valence-corrected chi connectivity index (χ4v) is 2.26. The van der Waals surface area contributed by atoms with E-state index in [2.05, 4.69) is 25.2 Å². The van der Waals surface area contributed by atoms with Gasteiger partial charge in [-0.2, -0.15) is 0 Å². The van der Waals surface area contributed by atoms with E-state index in [4.69, 9.17) is 14.2 Å². The van der Waals surface area contributed by atoms with Crippen LogP contribution in [0.1, 0.15) is 25.3 Å². The lowest BCUT2D eigenvalue weighted by atomic mass is 10.0. The van der Waals surface area contributed by atoms with Crippen LogP contribution in [0.4, 0.5) is 0 Å². The summed E-state index contributed by atoms with van der Waals surface area (Å²) in [5.74, 6) is 2.21. The first-order valence-corrected chi connectivity index (χ1v) is 8.35. The summed E-state index contributed by atoms with van der Waals surface area (Å²) in [6, 6.07) is 15.2. The Kier molecular flexibility index (Phi) is 7.14. The number of carbonyl (C=O) groups is 1. The van der Waals surface area contributed by atoms with E-state index in [1.165, 1.54) is 5.56 Å². The van der Waals surface area contributed by atoms with E-state index < -0.39 is 0 Å². The molecule has 0 aliphatic carbocycles. The lowest BCUT2D eigenvalue weighted by molar-refractivity contribution is -0.123. The van der Waals surface area contributed by atoms with Crippen molar-refractivity contribution in [2.45, 2.75) is 19.8 Å². The second-order valence-corrected chi connectivity index (χ2v) is 5.87. The highest BCUT2D eigenvalue weighted by Crippen LogP contribution is 2.25. The van der Waals surface area contributed by atoms with Crippen LogP contribution in [-0.2, 0) is 4.79 Å². The zero-order chi connectivity index (χ0) is 18.1. The van der Waals surface area contributed by atoms with Gasteiger partial charge in [-0.1, -0.05) is 38.1 Å². The molecule has 2 aromatic carbocycles. The summed E-state index contributed by atoms with van der Waals surface area (Å²) in [4.78, 5) is 11.8. The Morgan fingerprint density at radius 1 is 1.04 bits per heavy atom. The first-order chi connectivity index (χ1) is 12.1. The van der Waals surface area contributed by atoms with Crippen LogP contribution in [0.2, 0.25) is 0 Å². The summed E-state index contributed by atoms with van der Waals surface area (Å²) in [5, 5.41) is 2.77. The molecule has 0 bridgehead atoms. The highest BCUT2D eigenvalue weighted by atomic mass is 16.5. The van der Waals surface area contributed by atoms with E-state index >= 15 is 0 Å². The van der Waals surface area contributed by atoms with Crippen LogP contribution < -0.4 is 19.5 Å². The van der Waals surface area contributed by atoms with Crippen LogP contribution in [0.25, 0.3) is 0 Å². The molecule has 0 aliphatic heterocycles. The second kappa shape index (κ2) is 9.57. The summed E-state index contributed by atoms with van der Waals surface area (Å²) >= 11 is 0. The maximum absolute atomic E-state index is 11.8. The van der Waals surface area contributed by atoms with Gasteiger partial charge in [0.2, 0.25) is 0 Å². The van der Waals surface area contributed by atoms with Crippen LogP contribution >= 0.6 is 0 Å². The van der Waals surface area contributed by atoms with Crippen molar-refractivity contribution in [2.24, 2.45) is 0 Å². The van der Waals surface area contributed by atoms with Crippen molar-refractivity contribution in [1.82, 2.24) is 5.32 Å². The van der Waals surface area contributed by atoms with E-state index in [0.29, 0.717) is 30.6 Å². The number of amides is 1. The zero-order valence-corrected chi connectivity index (χ0v) is 15.0. The Bertz CT molecular complexity index is 685. The number of rotatable bonds is 9. The number of methoxy groups -OCH3 is 1. The third-order valence-electron chi connectivity index (χ3n) is 3.65. The summed E-state index contributed by atoms with van der Waals surface area (Å²) < 4.78 is 16.3. The number of nitrogens with one attached hydrogen (secondary N) is 1. The standard InChI is InChI=1S/C20H25NO4/c1-15(2)16-7-6-8-17(13-16)24-12-11-21-20(22)14-25-19-10-5-4-9-18(19)23-3/h4-10,13,15H,11-12,14H2,1-3H3,(H,21,22). The molecule has 0 radical (unpaired) electrons. The highest BCUT2D eigenvalue weighted by molar-refractivity contribution is 5.77. The van der Waals surface area contributed by atoms with Crippen molar-refractivity contribution in [3.05, 3.63) is 54.1 Å². The Balaban J connectivity index is 1.69. The van der Waals surface area contributed by atoms with Crippen LogP contribution in [0, 0.1) is 0 Å². The Hall–Kier alpha value is -2.69. The van der Waals surface area contributed by atoms with Crippen molar-refractivity contribution in [2.75, 3.05) is 26.9 Å². The molecular formula is C20H25NO4. The maximum Gasteiger partial charge on any atom is 0.258 e. The molecule has 0 aromatic heterocycles. The largest absolute Gasteiger partial charge is 0.493 e. The number of ether oxygens (including phenoxy) is 3. The number of hydrogen-bond acceptors (Lipinski definition) is 4. The molecule has 5 heteroatoms. The minimum absolute atomic E-state index is 0.0663. The Labute approximate surface area is 148 Å². The monoisotopic (exact) mass is 343 g/mol. The molecular weight excluding hydrogens is 318 g/mol. The molecule has 0 unspecified atom stereocenters. The lowest BCUT2D eigenvalue weighted by Gasteiger charge is -2.12. The van der Waals surface area contributed by atoms with E-state index in [-0.39, 0.29) is 12.5 Å². The molecule has 134 valence electrons. The van der Waals surface area contributed by atoms with Gasteiger partial charge >= 0.3 is 0 Å². The normalized spacial score (nSPS) is 10.4. The summed E-state index contributed by atoms with van der Waals surface area (Å²) in [6.45, 7) is 5.04. The van der Waals surface area contributed by atoms with Crippen molar-refractivity contribution >= 4 is 5.91 Å². The van der Waals surface area contributed by atoms with Gasteiger partial charge in [0.05, 0.1) is 13.7 Å². The number of hydrogen-bond donors (Lipinski definition) is 1. The fourth-order valence-electron chi connectivity index (χ4n) is 2.26. The average Bonchev–Trinajstić information content (AvgIpc) is 2.64. The minimum atomic E-state index is -0.203. The molecule has 2 aromatic rings. The van der Waals surface area contributed by atoms with Crippen molar-refractivity contribution in [1.29, 1.82) is 0 Å². The Morgan fingerprint density at radius 2 is 1.80 bits per heavy atom. The van der Waals surface area contributed by atoms with Gasteiger partial charge in [0.15, 0.2) is 18.1 Å². The van der Waals surface area contributed by atoms with E-state index in [0.717, 1.165) is 5.75 Å². The topological polar surface area (TPSA) is 56.8 Å². The first kappa shape index (κ1) is 18.6. The molecule has 0 heterocycles. The second-order valence-electron chi connectivity index (χ2n) is 5.87. The molecule has 0 aliphatic rings. The molecule has 0 saturated heterocycles.